The van der Waals surface area contributed by atoms with E-state index in [2.05, 4.69) is 10.4 Å². The van der Waals surface area contributed by atoms with Crippen molar-refractivity contribution in [3.05, 3.63) is 56.9 Å². The summed E-state index contributed by atoms with van der Waals surface area (Å²) in [6.07, 6.45) is 5.13. The fraction of sp³-hybridized carbons (Fsp3) is 0.353. The second-order valence-corrected chi connectivity index (χ2v) is 6.71. The van der Waals surface area contributed by atoms with Crippen LogP contribution in [-0.2, 0) is 6.54 Å². The second kappa shape index (κ2) is 5.65. The molecule has 1 aromatic rings. The van der Waals surface area contributed by atoms with Crippen molar-refractivity contribution in [3.8, 4) is 11.4 Å². The first-order valence-corrected chi connectivity index (χ1v) is 8.59. The van der Waals surface area contributed by atoms with E-state index in [4.69, 9.17) is 4.98 Å². The zero-order valence-electron chi connectivity index (χ0n) is 12.2. The Morgan fingerprint density at radius 1 is 1.14 bits per heavy atom. The molecule has 4 nitrogen and oxygen atoms in total. The standard InChI is InChI=1S/C17H17N3OS/c21-17-19-14-8-2-1-3-9-15(14)20(17)10-13-11-22-16(18-13)12-6-4-5-7-12/h1-3,8-9,11-12H,4-7,10H2. The summed E-state index contributed by atoms with van der Waals surface area (Å²) in [5.74, 6) is 0.628. The minimum absolute atomic E-state index is 0.198. The Bertz CT molecular complexity index is 817. The van der Waals surface area contributed by atoms with E-state index in [-0.39, 0.29) is 5.69 Å². The zero-order valence-corrected chi connectivity index (χ0v) is 13.1. The van der Waals surface area contributed by atoms with E-state index in [1.165, 1.54) is 30.7 Å². The molecular formula is C17H17N3OS. The molecule has 0 radical (unpaired) electrons. The highest BCUT2D eigenvalue weighted by molar-refractivity contribution is 7.09. The predicted octanol–water partition coefficient (Wildman–Crippen LogP) is 3.51. The van der Waals surface area contributed by atoms with Crippen LogP contribution < -0.4 is 5.69 Å². The molecule has 4 rings (SSSR count). The van der Waals surface area contributed by atoms with Crippen molar-refractivity contribution < 1.29 is 0 Å². The number of imidazole rings is 1. The van der Waals surface area contributed by atoms with Crippen LogP contribution in [0.5, 0.6) is 0 Å². The van der Waals surface area contributed by atoms with Gasteiger partial charge in [0.1, 0.15) is 0 Å². The maximum absolute atomic E-state index is 12.1. The average Bonchev–Trinajstić information content (AvgIpc) is 3.20. The summed E-state index contributed by atoms with van der Waals surface area (Å²) in [6.45, 7) is 0.503. The smallest absolute Gasteiger partial charge is 0.284 e. The van der Waals surface area contributed by atoms with Crippen molar-refractivity contribution in [2.45, 2.75) is 38.1 Å². The highest BCUT2D eigenvalue weighted by Crippen LogP contribution is 2.35. The van der Waals surface area contributed by atoms with E-state index >= 15 is 0 Å². The Hall–Kier alpha value is -2.01. The van der Waals surface area contributed by atoms with E-state index in [9.17, 15) is 4.79 Å². The SMILES string of the molecule is O=c1nc2cccccc-2n1Cc1csc(C2CCCC2)n1. The van der Waals surface area contributed by atoms with Gasteiger partial charge in [0.2, 0.25) is 0 Å². The van der Waals surface area contributed by atoms with Crippen LogP contribution in [0.3, 0.4) is 0 Å². The molecule has 1 aromatic heterocycles. The normalized spacial score (nSPS) is 15.6. The van der Waals surface area contributed by atoms with Crippen molar-refractivity contribution in [1.82, 2.24) is 14.5 Å². The number of thiazole rings is 1. The Morgan fingerprint density at radius 2 is 1.95 bits per heavy atom. The number of hydrogen-bond donors (Lipinski definition) is 0. The molecule has 2 aliphatic carbocycles. The van der Waals surface area contributed by atoms with Gasteiger partial charge in [-0.15, -0.1) is 11.3 Å². The molecule has 1 aliphatic heterocycles. The summed E-state index contributed by atoms with van der Waals surface area (Å²) in [5, 5.41) is 3.32. The van der Waals surface area contributed by atoms with Crippen molar-refractivity contribution in [2.24, 2.45) is 0 Å². The third kappa shape index (κ3) is 2.46. The molecule has 3 aliphatic rings. The van der Waals surface area contributed by atoms with E-state index in [0.29, 0.717) is 12.5 Å². The summed E-state index contributed by atoms with van der Waals surface area (Å²) in [5.41, 5.74) is 2.37. The first kappa shape index (κ1) is 13.6. The molecule has 0 saturated heterocycles. The molecule has 0 aromatic carbocycles. The van der Waals surface area contributed by atoms with Gasteiger partial charge in [-0.3, -0.25) is 4.57 Å². The molecule has 0 amide bonds. The van der Waals surface area contributed by atoms with Gasteiger partial charge in [-0.1, -0.05) is 31.0 Å². The van der Waals surface area contributed by atoms with Crippen LogP contribution >= 0.6 is 11.3 Å². The van der Waals surface area contributed by atoms with Crippen molar-refractivity contribution in [1.29, 1.82) is 0 Å². The number of aromatic nitrogens is 3. The summed E-state index contributed by atoms with van der Waals surface area (Å²) < 4.78 is 1.71. The number of nitrogens with zero attached hydrogens (tertiary/aromatic N) is 3. The summed E-state index contributed by atoms with van der Waals surface area (Å²) in [4.78, 5) is 21.0. The summed E-state index contributed by atoms with van der Waals surface area (Å²) in [6, 6.07) is 9.59. The zero-order chi connectivity index (χ0) is 14.9. The molecule has 2 heterocycles. The van der Waals surface area contributed by atoms with Crippen LogP contribution in [0.4, 0.5) is 0 Å². The maximum atomic E-state index is 12.1. The molecule has 112 valence electrons. The molecule has 1 fully saturated rings. The molecule has 22 heavy (non-hydrogen) atoms. The van der Waals surface area contributed by atoms with E-state index in [1.54, 1.807) is 15.9 Å². The van der Waals surface area contributed by atoms with Crippen LogP contribution in [0.15, 0.2) is 40.5 Å². The van der Waals surface area contributed by atoms with Gasteiger partial charge >= 0.3 is 5.69 Å². The summed E-state index contributed by atoms with van der Waals surface area (Å²) in [7, 11) is 0. The van der Waals surface area contributed by atoms with Crippen LogP contribution in [0.2, 0.25) is 0 Å². The number of hydrogen-bond acceptors (Lipinski definition) is 4. The van der Waals surface area contributed by atoms with Gasteiger partial charge in [0, 0.05) is 11.3 Å². The summed E-state index contributed by atoms with van der Waals surface area (Å²) >= 11 is 1.73. The van der Waals surface area contributed by atoms with Crippen LogP contribution in [-0.4, -0.2) is 14.5 Å². The van der Waals surface area contributed by atoms with Gasteiger partial charge in [-0.2, -0.15) is 4.98 Å². The fourth-order valence-electron chi connectivity index (χ4n) is 3.19. The lowest BCUT2D eigenvalue weighted by molar-refractivity contribution is 0.699. The average molecular weight is 311 g/mol. The minimum Gasteiger partial charge on any atom is -0.284 e. The predicted molar refractivity (Wildman–Crippen MR) is 87.5 cm³/mol. The molecule has 0 atom stereocenters. The first-order valence-electron chi connectivity index (χ1n) is 7.71. The van der Waals surface area contributed by atoms with Gasteiger partial charge in [0.05, 0.1) is 28.6 Å². The largest absolute Gasteiger partial charge is 0.349 e. The lowest BCUT2D eigenvalue weighted by Crippen LogP contribution is -2.17. The second-order valence-electron chi connectivity index (χ2n) is 5.82. The molecule has 0 unspecified atom stereocenters. The molecule has 5 heteroatoms. The Morgan fingerprint density at radius 3 is 2.82 bits per heavy atom. The lowest BCUT2D eigenvalue weighted by atomic mass is 10.1. The minimum atomic E-state index is -0.198. The number of fused-ring (bicyclic) bond motifs is 1. The maximum Gasteiger partial charge on any atom is 0.349 e. The Balaban J connectivity index is 1.65. The lowest BCUT2D eigenvalue weighted by Gasteiger charge is -2.04. The van der Waals surface area contributed by atoms with Crippen molar-refractivity contribution in [3.63, 3.8) is 0 Å². The number of rotatable bonds is 3. The Kier molecular flexibility index (Phi) is 3.50. The molecule has 0 N–H and O–H groups in total. The van der Waals surface area contributed by atoms with Gasteiger partial charge in [0.25, 0.3) is 0 Å². The quantitative estimate of drug-likeness (QED) is 0.743. The van der Waals surface area contributed by atoms with Crippen molar-refractivity contribution >= 4 is 11.3 Å². The van der Waals surface area contributed by atoms with Gasteiger partial charge in [-0.25, -0.2) is 9.78 Å². The monoisotopic (exact) mass is 311 g/mol. The highest BCUT2D eigenvalue weighted by Gasteiger charge is 2.21. The van der Waals surface area contributed by atoms with Crippen LogP contribution in [0.25, 0.3) is 11.4 Å². The van der Waals surface area contributed by atoms with Gasteiger partial charge in [0.15, 0.2) is 0 Å². The molecule has 0 spiro atoms. The van der Waals surface area contributed by atoms with Crippen LogP contribution in [0, 0.1) is 0 Å². The van der Waals surface area contributed by atoms with E-state index < -0.39 is 0 Å². The van der Waals surface area contributed by atoms with Gasteiger partial charge in [-0.05, 0) is 25.0 Å². The van der Waals surface area contributed by atoms with Gasteiger partial charge < -0.3 is 0 Å². The molecular weight excluding hydrogens is 294 g/mol. The third-order valence-electron chi connectivity index (χ3n) is 4.32. The molecule has 0 bridgehead atoms. The van der Waals surface area contributed by atoms with Crippen molar-refractivity contribution in [2.75, 3.05) is 0 Å². The van der Waals surface area contributed by atoms with Crippen LogP contribution in [0.1, 0.15) is 42.3 Å². The third-order valence-corrected chi connectivity index (χ3v) is 5.38. The first-order chi connectivity index (χ1) is 10.8. The van der Waals surface area contributed by atoms with E-state index in [0.717, 1.165) is 17.1 Å². The topological polar surface area (TPSA) is 47.8 Å². The van der Waals surface area contributed by atoms with E-state index in [1.807, 2.05) is 30.3 Å². The fourth-order valence-corrected chi connectivity index (χ4v) is 4.17. The highest BCUT2D eigenvalue weighted by atomic mass is 32.1. The Labute approximate surface area is 132 Å². The molecule has 1 saturated carbocycles.